The number of sulfonamides is 1. The Morgan fingerprint density at radius 1 is 1.07 bits per heavy atom. The van der Waals surface area contributed by atoms with Crippen LogP contribution in [0, 0.1) is 0 Å². The summed E-state index contributed by atoms with van der Waals surface area (Å²) in [4.78, 5) is 10.7. The number of pyridine rings is 1. The molecule has 4 rings (SSSR count). The average Bonchev–Trinajstić information content (AvgIpc) is 3.29. The standard InChI is InChI=1S/C21H23N5O3S/c1-17(21-23-20(24-29-21)19-8-5-10-22-16-19)25-11-13-26(14-12-25)30(27,28)15-9-18-6-3-2-4-7-18/h2-10,15-17H,11-14H2,1H3/b15-9+. The number of rotatable bonds is 6. The van der Waals surface area contributed by atoms with E-state index in [0.29, 0.717) is 37.9 Å². The molecule has 1 aromatic carbocycles. The van der Waals surface area contributed by atoms with Gasteiger partial charge in [-0.1, -0.05) is 35.5 Å². The SMILES string of the molecule is CC(c1nc(-c2cccnc2)no1)N1CCN(S(=O)(=O)/C=C/c2ccccc2)CC1. The molecular formula is C21H23N5O3S. The fraction of sp³-hybridized carbons (Fsp3) is 0.286. The van der Waals surface area contributed by atoms with E-state index in [1.165, 1.54) is 9.71 Å². The molecule has 1 fully saturated rings. The summed E-state index contributed by atoms with van der Waals surface area (Å²) in [6, 6.07) is 13.0. The summed E-state index contributed by atoms with van der Waals surface area (Å²) in [5.74, 6) is 1.01. The molecule has 9 heteroatoms. The normalized spacial score (nSPS) is 17.4. The summed E-state index contributed by atoms with van der Waals surface area (Å²) in [5.41, 5.74) is 1.65. The van der Waals surface area contributed by atoms with Crippen molar-refractivity contribution in [1.29, 1.82) is 0 Å². The first-order valence-electron chi connectivity index (χ1n) is 9.74. The Morgan fingerprint density at radius 2 is 1.83 bits per heavy atom. The Hall–Kier alpha value is -2.88. The molecule has 0 aliphatic carbocycles. The molecule has 3 aromatic rings. The summed E-state index contributed by atoms with van der Waals surface area (Å²) >= 11 is 0. The second-order valence-corrected chi connectivity index (χ2v) is 8.89. The Bertz CT molecular complexity index is 1090. The maximum Gasteiger partial charge on any atom is 0.244 e. The molecule has 0 saturated carbocycles. The van der Waals surface area contributed by atoms with Crippen molar-refractivity contribution in [2.24, 2.45) is 0 Å². The molecule has 8 nitrogen and oxygen atoms in total. The van der Waals surface area contributed by atoms with E-state index in [0.717, 1.165) is 11.1 Å². The van der Waals surface area contributed by atoms with Gasteiger partial charge in [-0.3, -0.25) is 9.88 Å². The zero-order chi connectivity index (χ0) is 21.0. The van der Waals surface area contributed by atoms with Crippen LogP contribution in [-0.4, -0.2) is 58.9 Å². The molecule has 1 unspecified atom stereocenters. The maximum absolute atomic E-state index is 12.6. The van der Waals surface area contributed by atoms with Crippen molar-refractivity contribution < 1.29 is 12.9 Å². The van der Waals surface area contributed by atoms with E-state index in [9.17, 15) is 8.42 Å². The maximum atomic E-state index is 12.6. The number of hydrogen-bond donors (Lipinski definition) is 0. The van der Waals surface area contributed by atoms with Gasteiger partial charge in [0.05, 0.1) is 6.04 Å². The van der Waals surface area contributed by atoms with E-state index in [1.807, 2.05) is 49.4 Å². The third-order valence-corrected chi connectivity index (χ3v) is 6.70. The molecular weight excluding hydrogens is 402 g/mol. The summed E-state index contributed by atoms with van der Waals surface area (Å²) in [6.45, 7) is 3.99. The number of benzene rings is 1. The highest BCUT2D eigenvalue weighted by atomic mass is 32.2. The highest BCUT2D eigenvalue weighted by Crippen LogP contribution is 2.24. The lowest BCUT2D eigenvalue weighted by molar-refractivity contribution is 0.124. The second-order valence-electron chi connectivity index (χ2n) is 7.07. The van der Waals surface area contributed by atoms with E-state index in [2.05, 4.69) is 20.0 Å². The van der Waals surface area contributed by atoms with E-state index in [-0.39, 0.29) is 6.04 Å². The van der Waals surface area contributed by atoms with E-state index < -0.39 is 10.0 Å². The zero-order valence-electron chi connectivity index (χ0n) is 16.6. The molecule has 1 saturated heterocycles. The van der Waals surface area contributed by atoms with Crippen LogP contribution in [0.25, 0.3) is 17.5 Å². The van der Waals surface area contributed by atoms with Gasteiger partial charge >= 0.3 is 0 Å². The van der Waals surface area contributed by atoms with Gasteiger partial charge in [-0.2, -0.15) is 9.29 Å². The van der Waals surface area contributed by atoms with Gasteiger partial charge in [-0.25, -0.2) is 8.42 Å². The minimum Gasteiger partial charge on any atom is -0.337 e. The van der Waals surface area contributed by atoms with E-state index >= 15 is 0 Å². The number of aromatic nitrogens is 3. The third kappa shape index (κ3) is 4.64. The first-order chi connectivity index (χ1) is 14.5. The largest absolute Gasteiger partial charge is 0.337 e. The number of hydrogen-bond acceptors (Lipinski definition) is 7. The van der Waals surface area contributed by atoms with E-state index in [4.69, 9.17) is 4.52 Å². The third-order valence-electron chi connectivity index (χ3n) is 5.13. The molecule has 0 bridgehead atoms. The van der Waals surface area contributed by atoms with Crippen LogP contribution in [0.5, 0.6) is 0 Å². The van der Waals surface area contributed by atoms with Gasteiger partial charge in [0.1, 0.15) is 0 Å². The van der Waals surface area contributed by atoms with Crippen LogP contribution >= 0.6 is 0 Å². The summed E-state index contributed by atoms with van der Waals surface area (Å²) in [7, 11) is -3.46. The molecule has 0 N–H and O–H groups in total. The van der Waals surface area contributed by atoms with Crippen molar-refractivity contribution in [3.8, 4) is 11.4 Å². The lowest BCUT2D eigenvalue weighted by Gasteiger charge is -2.35. The Morgan fingerprint density at radius 3 is 2.53 bits per heavy atom. The predicted octanol–water partition coefficient (Wildman–Crippen LogP) is 2.81. The van der Waals surface area contributed by atoms with Gasteiger partial charge in [0.15, 0.2) is 0 Å². The van der Waals surface area contributed by atoms with E-state index in [1.54, 1.807) is 18.5 Å². The minimum absolute atomic E-state index is 0.104. The van der Waals surface area contributed by atoms with Crippen LogP contribution in [0.15, 0.2) is 64.8 Å². The van der Waals surface area contributed by atoms with Crippen LogP contribution in [0.3, 0.4) is 0 Å². The van der Waals surface area contributed by atoms with Crippen LogP contribution in [-0.2, 0) is 10.0 Å². The van der Waals surface area contributed by atoms with Gasteiger partial charge in [-0.15, -0.1) is 0 Å². The van der Waals surface area contributed by atoms with Crippen LogP contribution in [0.1, 0.15) is 24.4 Å². The molecule has 0 amide bonds. The van der Waals surface area contributed by atoms with Crippen LogP contribution in [0.2, 0.25) is 0 Å². The van der Waals surface area contributed by atoms with Gasteiger partial charge in [0.2, 0.25) is 21.7 Å². The van der Waals surface area contributed by atoms with Gasteiger partial charge in [0.25, 0.3) is 0 Å². The van der Waals surface area contributed by atoms with Crippen molar-refractivity contribution in [3.63, 3.8) is 0 Å². The first kappa shape index (κ1) is 20.4. The number of piperazine rings is 1. The number of nitrogens with zero attached hydrogens (tertiary/aromatic N) is 5. The minimum atomic E-state index is -3.46. The zero-order valence-corrected chi connectivity index (χ0v) is 17.4. The van der Waals surface area contributed by atoms with Crippen LogP contribution < -0.4 is 0 Å². The molecule has 0 spiro atoms. The van der Waals surface area contributed by atoms with Gasteiger partial charge in [-0.05, 0) is 30.7 Å². The molecule has 3 heterocycles. The van der Waals surface area contributed by atoms with Crippen LogP contribution in [0.4, 0.5) is 0 Å². The van der Waals surface area contributed by atoms with Gasteiger partial charge < -0.3 is 4.52 Å². The molecule has 2 aromatic heterocycles. The van der Waals surface area contributed by atoms with Crippen molar-refractivity contribution >= 4 is 16.1 Å². The molecule has 30 heavy (non-hydrogen) atoms. The molecule has 1 aliphatic heterocycles. The smallest absolute Gasteiger partial charge is 0.244 e. The average molecular weight is 426 g/mol. The highest BCUT2D eigenvalue weighted by molar-refractivity contribution is 7.92. The second kappa shape index (κ2) is 8.86. The first-order valence-corrected chi connectivity index (χ1v) is 11.2. The Labute approximate surface area is 175 Å². The molecule has 1 atom stereocenters. The van der Waals surface area contributed by atoms with Crippen molar-refractivity contribution in [1.82, 2.24) is 24.3 Å². The quantitative estimate of drug-likeness (QED) is 0.599. The fourth-order valence-electron chi connectivity index (χ4n) is 3.33. The fourth-order valence-corrected chi connectivity index (χ4v) is 4.51. The lowest BCUT2D eigenvalue weighted by atomic mass is 10.2. The Kier molecular flexibility index (Phi) is 6.03. The molecule has 0 radical (unpaired) electrons. The summed E-state index contributed by atoms with van der Waals surface area (Å²) < 4.78 is 32.2. The highest BCUT2D eigenvalue weighted by Gasteiger charge is 2.30. The van der Waals surface area contributed by atoms with Crippen molar-refractivity contribution in [2.75, 3.05) is 26.2 Å². The summed E-state index contributed by atoms with van der Waals surface area (Å²) in [5, 5.41) is 5.32. The van der Waals surface area contributed by atoms with Crippen molar-refractivity contribution in [3.05, 3.63) is 71.7 Å². The van der Waals surface area contributed by atoms with Crippen molar-refractivity contribution in [2.45, 2.75) is 13.0 Å². The lowest BCUT2D eigenvalue weighted by Crippen LogP contribution is -2.48. The molecule has 156 valence electrons. The topological polar surface area (TPSA) is 92.4 Å². The monoisotopic (exact) mass is 425 g/mol. The predicted molar refractivity (Wildman–Crippen MR) is 113 cm³/mol. The van der Waals surface area contributed by atoms with Gasteiger partial charge in [0, 0.05) is 49.5 Å². The molecule has 1 aliphatic rings. The Balaban J connectivity index is 1.37. The summed E-state index contributed by atoms with van der Waals surface area (Å²) in [6.07, 6.45) is 5.00.